The minimum atomic E-state index is -0.306. The Kier molecular flexibility index (Phi) is 8.07. The maximum atomic E-state index is 12.6. The maximum Gasteiger partial charge on any atom is 0.260 e. The molecule has 0 spiro atoms. The van der Waals surface area contributed by atoms with Crippen LogP contribution < -0.4 is 10.3 Å². The van der Waals surface area contributed by atoms with E-state index in [2.05, 4.69) is 15.4 Å². The number of fused-ring (bicyclic) bond motifs is 1. The number of hydrazone groups is 1. The zero-order valence-corrected chi connectivity index (χ0v) is 19.5. The van der Waals surface area contributed by atoms with Gasteiger partial charge in [-0.25, -0.2) is 9.50 Å². The zero-order valence-electron chi connectivity index (χ0n) is 19.5. The summed E-state index contributed by atoms with van der Waals surface area (Å²) in [5.74, 6) is -0.0499. The van der Waals surface area contributed by atoms with Crippen LogP contribution in [-0.2, 0) is 4.79 Å². The van der Waals surface area contributed by atoms with E-state index in [1.165, 1.54) is 11.8 Å². The Morgan fingerprint density at radius 2 is 2.03 bits per heavy atom. The summed E-state index contributed by atoms with van der Waals surface area (Å²) in [4.78, 5) is 28.7. The van der Waals surface area contributed by atoms with Gasteiger partial charge in [0.05, 0.1) is 17.6 Å². The molecule has 0 aliphatic heterocycles. The normalized spacial score (nSPS) is 12.8. The lowest BCUT2D eigenvalue weighted by Crippen LogP contribution is -2.21. The number of hydrogen-bond donors (Lipinski definition) is 1. The molecule has 2 heterocycles. The highest BCUT2D eigenvalue weighted by atomic mass is 16.1. The number of benzene rings is 1. The summed E-state index contributed by atoms with van der Waals surface area (Å²) in [6, 6.07) is 9.83. The van der Waals surface area contributed by atoms with Crippen molar-refractivity contribution in [1.29, 1.82) is 0 Å². The molecule has 0 fully saturated rings. The number of anilines is 1. The van der Waals surface area contributed by atoms with E-state index in [1.807, 2.05) is 52.1 Å². The van der Waals surface area contributed by atoms with Crippen LogP contribution in [0.3, 0.4) is 0 Å². The average Bonchev–Trinajstić information content (AvgIpc) is 3.26. The molecule has 1 aromatic carbocycles. The van der Waals surface area contributed by atoms with Crippen LogP contribution in [-0.4, -0.2) is 39.0 Å². The first-order valence-corrected chi connectivity index (χ1v) is 11.1. The van der Waals surface area contributed by atoms with Gasteiger partial charge in [-0.1, -0.05) is 31.5 Å². The van der Waals surface area contributed by atoms with Crippen molar-refractivity contribution in [3.63, 3.8) is 0 Å². The van der Waals surface area contributed by atoms with Gasteiger partial charge in [0.2, 0.25) is 0 Å². The topological polar surface area (TPSA) is 92.0 Å². The summed E-state index contributed by atoms with van der Waals surface area (Å²) in [5, 5.41) is 13.5. The molecule has 1 atom stereocenters. The Bertz CT molecular complexity index is 1160. The highest BCUT2D eigenvalue weighted by Crippen LogP contribution is 2.17. The number of carbonyl (C=O) groups is 2. The highest BCUT2D eigenvalue weighted by Gasteiger charge is 2.14. The van der Waals surface area contributed by atoms with Crippen molar-refractivity contribution in [3.05, 3.63) is 72.3 Å². The molecule has 0 aliphatic carbocycles. The first-order chi connectivity index (χ1) is 15.9. The lowest BCUT2D eigenvalue weighted by Gasteiger charge is -2.18. The van der Waals surface area contributed by atoms with Gasteiger partial charge >= 0.3 is 0 Å². The summed E-state index contributed by atoms with van der Waals surface area (Å²) in [6.07, 6.45) is 9.92. The molecule has 8 heteroatoms. The van der Waals surface area contributed by atoms with Crippen molar-refractivity contribution in [3.8, 4) is 0 Å². The van der Waals surface area contributed by atoms with Gasteiger partial charge in [0.25, 0.3) is 5.91 Å². The number of aryl methyl sites for hydroxylation is 1. The van der Waals surface area contributed by atoms with Crippen LogP contribution in [0, 0.1) is 12.8 Å². The van der Waals surface area contributed by atoms with Crippen LogP contribution in [0.5, 0.6) is 0 Å². The molecule has 3 rings (SSSR count). The van der Waals surface area contributed by atoms with Gasteiger partial charge in [-0.3, -0.25) is 14.6 Å². The average molecular weight is 447 g/mol. The van der Waals surface area contributed by atoms with Crippen LogP contribution in [0.25, 0.3) is 5.65 Å². The second-order valence-corrected chi connectivity index (χ2v) is 7.97. The van der Waals surface area contributed by atoms with Crippen molar-refractivity contribution < 1.29 is 9.59 Å². The number of nitrogens with zero attached hydrogens (tertiary/aromatic N) is 5. The smallest absolute Gasteiger partial charge is 0.260 e. The van der Waals surface area contributed by atoms with Crippen LogP contribution in [0.4, 0.5) is 5.69 Å². The van der Waals surface area contributed by atoms with Gasteiger partial charge in [0.15, 0.2) is 5.65 Å². The third-order valence-corrected chi connectivity index (χ3v) is 5.42. The second kappa shape index (κ2) is 11.2. The van der Waals surface area contributed by atoms with Crippen molar-refractivity contribution in [2.75, 3.05) is 12.1 Å². The van der Waals surface area contributed by atoms with E-state index < -0.39 is 0 Å². The molecular formula is C25H30N6O2. The SMILES string of the molecule is CCC(=O)CCC(C)C(/C=C/NC(=O)c1cnn2cccnc12)=N/N(C)c1ccc(C)cc1. The van der Waals surface area contributed by atoms with E-state index in [-0.39, 0.29) is 17.6 Å². The minimum absolute atomic E-state index is 0.0280. The number of amides is 1. The number of aromatic nitrogens is 3. The third-order valence-electron chi connectivity index (χ3n) is 5.42. The number of ketones is 1. The molecule has 2 aromatic heterocycles. The number of carbonyl (C=O) groups excluding carboxylic acids is 2. The van der Waals surface area contributed by atoms with Crippen LogP contribution in [0.1, 0.15) is 49.0 Å². The van der Waals surface area contributed by atoms with Crippen molar-refractivity contribution >= 4 is 28.7 Å². The summed E-state index contributed by atoms with van der Waals surface area (Å²) in [5.41, 5.74) is 3.76. The Morgan fingerprint density at radius 1 is 1.27 bits per heavy atom. The van der Waals surface area contributed by atoms with Crippen molar-refractivity contribution in [1.82, 2.24) is 19.9 Å². The largest absolute Gasteiger partial charge is 0.328 e. The molecule has 1 unspecified atom stereocenters. The Balaban J connectivity index is 1.77. The maximum absolute atomic E-state index is 12.6. The highest BCUT2D eigenvalue weighted by molar-refractivity contribution is 6.01. The molecule has 1 N–H and O–H groups in total. The summed E-state index contributed by atoms with van der Waals surface area (Å²) < 4.78 is 1.55. The fourth-order valence-corrected chi connectivity index (χ4v) is 3.26. The molecule has 0 saturated heterocycles. The molecule has 3 aromatic rings. The van der Waals surface area contributed by atoms with E-state index in [0.717, 1.165) is 11.4 Å². The number of Topliss-reactive ketones (excluding diaryl/α,β-unsaturated/α-hetero) is 1. The van der Waals surface area contributed by atoms with Gasteiger partial charge in [0.1, 0.15) is 11.3 Å². The number of rotatable bonds is 10. The Hall–Kier alpha value is -3.81. The lowest BCUT2D eigenvalue weighted by molar-refractivity contribution is -0.118. The third kappa shape index (κ3) is 6.35. The van der Waals surface area contributed by atoms with E-state index in [4.69, 9.17) is 5.10 Å². The molecule has 0 bridgehead atoms. The predicted molar refractivity (Wildman–Crippen MR) is 130 cm³/mol. The number of hydrogen-bond acceptors (Lipinski definition) is 6. The standard InChI is InChI=1S/C25H30N6O2/c1-5-21(32)12-9-19(3)23(29-30(4)20-10-7-18(2)8-11-20)13-15-27-25(33)22-17-28-31-16-6-14-26-24(22)31/h6-8,10-11,13-17,19H,5,9,12H2,1-4H3,(H,27,33)/b15-13+,29-23+. The van der Waals surface area contributed by atoms with Gasteiger partial charge in [-0.2, -0.15) is 10.2 Å². The predicted octanol–water partition coefficient (Wildman–Crippen LogP) is 4.17. The monoisotopic (exact) mass is 446 g/mol. The lowest BCUT2D eigenvalue weighted by atomic mass is 9.97. The Morgan fingerprint density at radius 3 is 2.76 bits per heavy atom. The quantitative estimate of drug-likeness (QED) is 0.373. The first kappa shape index (κ1) is 23.8. The van der Waals surface area contributed by atoms with Crippen LogP contribution in [0.2, 0.25) is 0 Å². The van der Waals surface area contributed by atoms with Gasteiger partial charge in [-0.05, 0) is 37.6 Å². The fraction of sp³-hybridized carbons (Fsp3) is 0.320. The molecule has 8 nitrogen and oxygen atoms in total. The molecule has 0 saturated carbocycles. The van der Waals surface area contributed by atoms with Crippen LogP contribution in [0.15, 0.2) is 66.3 Å². The van der Waals surface area contributed by atoms with Gasteiger partial charge in [-0.15, -0.1) is 0 Å². The number of allylic oxidation sites excluding steroid dienone is 1. The molecule has 0 radical (unpaired) electrons. The second-order valence-electron chi connectivity index (χ2n) is 7.97. The first-order valence-electron chi connectivity index (χ1n) is 11.1. The molecule has 172 valence electrons. The van der Waals surface area contributed by atoms with Crippen molar-refractivity contribution in [2.45, 2.75) is 40.0 Å². The molecule has 1 amide bonds. The number of nitrogens with one attached hydrogen (secondary N) is 1. The fourth-order valence-electron chi connectivity index (χ4n) is 3.26. The van der Waals surface area contributed by atoms with Crippen LogP contribution >= 0.6 is 0 Å². The summed E-state index contributed by atoms with van der Waals surface area (Å²) >= 11 is 0. The molecule has 0 aliphatic rings. The van der Waals surface area contributed by atoms with Gasteiger partial charge in [0, 0.05) is 44.4 Å². The minimum Gasteiger partial charge on any atom is -0.328 e. The summed E-state index contributed by atoms with van der Waals surface area (Å²) in [7, 11) is 1.88. The molecule has 33 heavy (non-hydrogen) atoms. The van der Waals surface area contributed by atoms with Crippen molar-refractivity contribution in [2.24, 2.45) is 11.0 Å². The summed E-state index contributed by atoms with van der Waals surface area (Å²) in [6.45, 7) is 5.94. The zero-order chi connectivity index (χ0) is 23.8. The van der Waals surface area contributed by atoms with E-state index >= 15 is 0 Å². The molecular weight excluding hydrogens is 416 g/mol. The van der Waals surface area contributed by atoms with E-state index in [1.54, 1.807) is 40.3 Å². The van der Waals surface area contributed by atoms with Gasteiger partial charge < -0.3 is 5.32 Å². The van der Waals surface area contributed by atoms with E-state index in [0.29, 0.717) is 30.5 Å². The Labute approximate surface area is 194 Å². The van der Waals surface area contributed by atoms with E-state index in [9.17, 15) is 9.59 Å².